The van der Waals surface area contributed by atoms with E-state index in [1.54, 1.807) is 7.11 Å². The van der Waals surface area contributed by atoms with Gasteiger partial charge in [0.15, 0.2) is 0 Å². The molecule has 0 bridgehead atoms. The van der Waals surface area contributed by atoms with Crippen LogP contribution in [-0.2, 0) is 0 Å². The second kappa shape index (κ2) is 6.02. The third-order valence-corrected chi connectivity index (χ3v) is 4.34. The molecule has 0 amide bonds. The maximum absolute atomic E-state index is 5.95. The van der Waals surface area contributed by atoms with Gasteiger partial charge in [-0.15, -0.1) is 0 Å². The number of hydrogen-bond acceptors (Lipinski definition) is 2. The molecule has 1 aromatic heterocycles. The van der Waals surface area contributed by atoms with E-state index in [1.807, 2.05) is 42.5 Å². The Bertz CT molecular complexity index is 1010. The van der Waals surface area contributed by atoms with Crippen LogP contribution >= 0.6 is 11.6 Å². The Kier molecular flexibility index (Phi) is 3.71. The van der Waals surface area contributed by atoms with Gasteiger partial charge in [0.2, 0.25) is 0 Å². The van der Waals surface area contributed by atoms with Crippen molar-refractivity contribution in [2.45, 2.75) is 0 Å². The summed E-state index contributed by atoms with van der Waals surface area (Å²) in [7, 11) is 1.70. The first-order chi connectivity index (χ1) is 11.8. The quantitative estimate of drug-likeness (QED) is 0.532. The summed E-state index contributed by atoms with van der Waals surface area (Å²) in [6.07, 6.45) is 0. The highest BCUT2D eigenvalue weighted by molar-refractivity contribution is 6.30. The average Bonchev–Trinajstić information content (AvgIpc) is 3.11. The molecule has 0 aliphatic carbocycles. The Morgan fingerprint density at radius 2 is 1.75 bits per heavy atom. The zero-order valence-electron chi connectivity index (χ0n) is 13.1. The number of aromatic amines is 1. The number of hydrogen-bond donors (Lipinski definition) is 1. The van der Waals surface area contributed by atoms with Crippen LogP contribution in [0.5, 0.6) is 5.75 Å². The summed E-state index contributed by atoms with van der Waals surface area (Å²) in [6, 6.07) is 22.0. The van der Waals surface area contributed by atoms with Crippen LogP contribution in [0.1, 0.15) is 0 Å². The molecule has 0 atom stereocenters. The first-order valence-corrected chi connectivity index (χ1v) is 8.01. The second-order valence-corrected chi connectivity index (χ2v) is 5.98. The van der Waals surface area contributed by atoms with Crippen molar-refractivity contribution in [3.8, 4) is 28.3 Å². The summed E-state index contributed by atoms with van der Waals surface area (Å²) in [6.45, 7) is 0. The smallest absolute Gasteiger partial charge is 0.136 e. The molecule has 24 heavy (non-hydrogen) atoms. The van der Waals surface area contributed by atoms with Gasteiger partial charge < -0.3 is 4.74 Å². The number of aromatic nitrogens is 2. The van der Waals surface area contributed by atoms with Gasteiger partial charge in [0.25, 0.3) is 0 Å². The van der Waals surface area contributed by atoms with Crippen molar-refractivity contribution in [3.05, 3.63) is 71.8 Å². The number of halogens is 1. The first-order valence-electron chi connectivity index (χ1n) is 7.64. The van der Waals surface area contributed by atoms with Crippen molar-refractivity contribution in [3.63, 3.8) is 0 Å². The highest BCUT2D eigenvalue weighted by Crippen LogP contribution is 2.36. The van der Waals surface area contributed by atoms with Crippen LogP contribution in [0.2, 0.25) is 5.02 Å². The van der Waals surface area contributed by atoms with Crippen molar-refractivity contribution in [1.82, 2.24) is 10.2 Å². The summed E-state index contributed by atoms with van der Waals surface area (Å²) < 4.78 is 5.68. The zero-order valence-corrected chi connectivity index (χ0v) is 13.8. The van der Waals surface area contributed by atoms with Gasteiger partial charge in [-0.2, -0.15) is 5.10 Å². The lowest BCUT2D eigenvalue weighted by Crippen LogP contribution is -1.90. The molecule has 0 saturated heterocycles. The van der Waals surface area contributed by atoms with Gasteiger partial charge in [-0.05, 0) is 29.7 Å². The van der Waals surface area contributed by atoms with Crippen molar-refractivity contribution in [2.75, 3.05) is 7.11 Å². The fraction of sp³-hybridized carbons (Fsp3) is 0.0500. The van der Waals surface area contributed by atoms with Crippen LogP contribution in [0.3, 0.4) is 0 Å². The van der Waals surface area contributed by atoms with Crippen LogP contribution in [0.4, 0.5) is 0 Å². The van der Waals surface area contributed by atoms with E-state index in [-0.39, 0.29) is 0 Å². The lowest BCUT2D eigenvalue weighted by atomic mass is 10.0. The Labute approximate surface area is 144 Å². The predicted molar refractivity (Wildman–Crippen MR) is 98.5 cm³/mol. The lowest BCUT2D eigenvalue weighted by Gasteiger charge is -2.10. The van der Waals surface area contributed by atoms with Gasteiger partial charge in [-0.3, -0.25) is 5.10 Å². The van der Waals surface area contributed by atoms with E-state index >= 15 is 0 Å². The third kappa shape index (κ3) is 2.53. The Balaban J connectivity index is 1.82. The van der Waals surface area contributed by atoms with Crippen molar-refractivity contribution < 1.29 is 4.74 Å². The topological polar surface area (TPSA) is 37.9 Å². The molecular weight excluding hydrogens is 320 g/mol. The fourth-order valence-electron chi connectivity index (χ4n) is 2.90. The Hall–Kier alpha value is -2.78. The molecule has 4 aromatic rings. The molecule has 4 heteroatoms. The molecule has 0 aliphatic rings. The van der Waals surface area contributed by atoms with Crippen LogP contribution in [0.25, 0.3) is 33.3 Å². The maximum Gasteiger partial charge on any atom is 0.136 e. The molecule has 3 nitrogen and oxygen atoms in total. The predicted octanol–water partition coefficient (Wildman–Crippen LogP) is 5.56. The molecule has 0 spiro atoms. The minimum atomic E-state index is 0.714. The number of ether oxygens (including phenoxy) is 1. The Morgan fingerprint density at radius 3 is 2.54 bits per heavy atom. The number of nitrogens with zero attached hydrogens (tertiary/aromatic N) is 1. The van der Waals surface area contributed by atoms with Crippen molar-refractivity contribution >= 4 is 22.4 Å². The first kappa shape index (κ1) is 14.8. The number of methoxy groups -OCH3 is 1. The normalized spacial score (nSPS) is 10.9. The highest BCUT2D eigenvalue weighted by atomic mass is 35.5. The van der Waals surface area contributed by atoms with Crippen molar-refractivity contribution in [2.24, 2.45) is 0 Å². The van der Waals surface area contributed by atoms with E-state index in [2.05, 4.69) is 34.5 Å². The SMILES string of the molecule is COc1c(-c2cc(-c3ccc(Cl)cc3)n[nH]2)ccc2ccccc12. The molecule has 0 unspecified atom stereocenters. The second-order valence-electron chi connectivity index (χ2n) is 5.54. The molecule has 0 radical (unpaired) electrons. The number of benzene rings is 3. The number of fused-ring (bicyclic) bond motifs is 1. The summed E-state index contributed by atoms with van der Waals surface area (Å²) >= 11 is 5.95. The fourth-order valence-corrected chi connectivity index (χ4v) is 3.03. The molecule has 0 saturated carbocycles. The molecule has 4 rings (SSSR count). The monoisotopic (exact) mass is 334 g/mol. The summed E-state index contributed by atoms with van der Waals surface area (Å²) in [5, 5.41) is 10.5. The number of nitrogens with one attached hydrogen (secondary N) is 1. The van der Waals surface area contributed by atoms with Gasteiger partial charge in [0.1, 0.15) is 5.75 Å². The molecule has 1 heterocycles. The molecule has 0 fully saturated rings. The van der Waals surface area contributed by atoms with E-state index in [9.17, 15) is 0 Å². The van der Waals surface area contributed by atoms with E-state index in [1.165, 1.54) is 0 Å². The molecular formula is C20H15ClN2O. The van der Waals surface area contributed by atoms with Crippen molar-refractivity contribution in [1.29, 1.82) is 0 Å². The van der Waals surface area contributed by atoms with Crippen LogP contribution < -0.4 is 4.74 Å². The zero-order chi connectivity index (χ0) is 16.5. The largest absolute Gasteiger partial charge is 0.495 e. The summed E-state index contributed by atoms with van der Waals surface area (Å²) in [5.74, 6) is 0.847. The highest BCUT2D eigenvalue weighted by Gasteiger charge is 2.13. The van der Waals surface area contributed by atoms with Gasteiger partial charge in [0, 0.05) is 21.5 Å². The third-order valence-electron chi connectivity index (χ3n) is 4.09. The minimum Gasteiger partial charge on any atom is -0.495 e. The Morgan fingerprint density at radius 1 is 0.958 bits per heavy atom. The standard InChI is InChI=1S/C20H15ClN2O/c1-24-20-16-5-3-2-4-13(16)8-11-17(20)19-12-18(22-23-19)14-6-9-15(21)10-7-14/h2-12H,1H3,(H,22,23). The summed E-state index contributed by atoms with van der Waals surface area (Å²) in [5.41, 5.74) is 3.80. The van der Waals surface area contributed by atoms with Gasteiger partial charge >= 0.3 is 0 Å². The average molecular weight is 335 g/mol. The summed E-state index contributed by atoms with van der Waals surface area (Å²) in [4.78, 5) is 0. The van der Waals surface area contributed by atoms with Crippen LogP contribution in [0, 0.1) is 0 Å². The van der Waals surface area contributed by atoms with E-state index in [4.69, 9.17) is 16.3 Å². The van der Waals surface area contributed by atoms with E-state index in [0.717, 1.165) is 39.0 Å². The minimum absolute atomic E-state index is 0.714. The van der Waals surface area contributed by atoms with Gasteiger partial charge in [0.05, 0.1) is 18.5 Å². The molecule has 0 aliphatic heterocycles. The maximum atomic E-state index is 5.95. The molecule has 1 N–H and O–H groups in total. The van der Waals surface area contributed by atoms with Crippen LogP contribution in [0.15, 0.2) is 66.7 Å². The lowest BCUT2D eigenvalue weighted by molar-refractivity contribution is 0.421. The number of H-pyrrole nitrogens is 1. The van der Waals surface area contributed by atoms with Gasteiger partial charge in [-0.25, -0.2) is 0 Å². The van der Waals surface area contributed by atoms with E-state index < -0.39 is 0 Å². The van der Waals surface area contributed by atoms with Crippen LogP contribution in [-0.4, -0.2) is 17.3 Å². The number of rotatable bonds is 3. The van der Waals surface area contributed by atoms with Gasteiger partial charge in [-0.1, -0.05) is 54.1 Å². The van der Waals surface area contributed by atoms with E-state index in [0.29, 0.717) is 5.02 Å². The molecule has 3 aromatic carbocycles. The molecule has 118 valence electrons.